The first-order valence-electron chi connectivity index (χ1n) is 12.2. The number of carbonyl (C=O) groups excluding carboxylic acids is 1. The molecule has 1 aliphatic heterocycles. The van der Waals surface area contributed by atoms with Crippen LogP contribution < -0.4 is 0 Å². The molecule has 0 amide bonds. The van der Waals surface area contributed by atoms with Crippen molar-refractivity contribution in [2.75, 3.05) is 0 Å². The molecule has 3 aromatic rings. The van der Waals surface area contributed by atoms with Crippen molar-refractivity contribution in [3.05, 3.63) is 70.3 Å². The number of halogens is 2. The zero-order valence-corrected chi connectivity index (χ0v) is 21.3. The molecule has 0 spiro atoms. The monoisotopic (exact) mass is 513 g/mol. The first kappa shape index (κ1) is 24.6. The predicted octanol–water partition coefficient (Wildman–Crippen LogP) is 6.08. The van der Waals surface area contributed by atoms with Gasteiger partial charge in [0.2, 0.25) is 0 Å². The Bertz CT molecular complexity index is 1270. The lowest BCUT2D eigenvalue weighted by atomic mass is 9.79. The molecule has 0 unspecified atom stereocenters. The van der Waals surface area contributed by atoms with Crippen LogP contribution in [0.15, 0.2) is 36.5 Å². The van der Waals surface area contributed by atoms with Crippen LogP contribution in [0.4, 0.5) is 9.18 Å². The van der Waals surface area contributed by atoms with Crippen molar-refractivity contribution in [1.29, 1.82) is 0 Å². The maximum atomic E-state index is 14.3. The number of hydrogen-bond acceptors (Lipinski definition) is 7. The first-order valence-corrected chi connectivity index (χ1v) is 12.5. The van der Waals surface area contributed by atoms with Crippen LogP contribution >= 0.6 is 11.6 Å². The zero-order valence-electron chi connectivity index (χ0n) is 20.6. The molecule has 0 saturated heterocycles. The first-order chi connectivity index (χ1) is 17.2. The molecule has 5 rings (SSSR count). The molecule has 2 aromatic heterocycles. The van der Waals surface area contributed by atoms with Gasteiger partial charge < -0.3 is 9.57 Å². The van der Waals surface area contributed by atoms with Crippen molar-refractivity contribution in [2.45, 2.75) is 77.0 Å². The fraction of sp³-hybridized carbons (Fsp3) is 0.462. The Balaban J connectivity index is 1.41. The van der Waals surface area contributed by atoms with Gasteiger partial charge in [0.25, 0.3) is 0 Å². The molecule has 1 aromatic carbocycles. The summed E-state index contributed by atoms with van der Waals surface area (Å²) in [6, 6.07) is 8.73. The van der Waals surface area contributed by atoms with Crippen molar-refractivity contribution >= 4 is 17.8 Å². The summed E-state index contributed by atoms with van der Waals surface area (Å²) >= 11 is 6.32. The number of carbonyl (C=O) groups is 1. The maximum absolute atomic E-state index is 14.3. The largest absolute Gasteiger partial charge is 0.528 e. The van der Waals surface area contributed by atoms with Crippen molar-refractivity contribution < 1.29 is 18.8 Å². The Kier molecular flexibility index (Phi) is 6.70. The minimum atomic E-state index is -0.778. The van der Waals surface area contributed by atoms with E-state index in [1.54, 1.807) is 33.0 Å². The number of benzene rings is 1. The van der Waals surface area contributed by atoms with Gasteiger partial charge >= 0.3 is 6.16 Å². The molecule has 2 aliphatic rings. The Hall–Kier alpha value is -3.04. The molecule has 0 N–H and O–H groups in total. The summed E-state index contributed by atoms with van der Waals surface area (Å²) in [6.45, 7) is 5.92. The summed E-state index contributed by atoms with van der Waals surface area (Å²) in [4.78, 5) is 22.2. The van der Waals surface area contributed by atoms with Crippen LogP contribution in [0.25, 0.3) is 5.69 Å². The number of aromatic nitrogens is 4. The van der Waals surface area contributed by atoms with Crippen LogP contribution in [0.5, 0.6) is 0 Å². The molecule has 0 radical (unpaired) electrons. The second-order valence-electron chi connectivity index (χ2n) is 10.4. The molecule has 3 heterocycles. The van der Waals surface area contributed by atoms with Gasteiger partial charge in [-0.15, -0.1) is 15.3 Å². The molecule has 190 valence electrons. The average molecular weight is 514 g/mol. The number of pyridine rings is 1. The van der Waals surface area contributed by atoms with Crippen LogP contribution in [0.3, 0.4) is 0 Å². The summed E-state index contributed by atoms with van der Waals surface area (Å²) in [5.41, 5.74) is 1.66. The maximum Gasteiger partial charge on any atom is 0.528 e. The highest BCUT2D eigenvalue weighted by molar-refractivity contribution is 6.30. The van der Waals surface area contributed by atoms with Gasteiger partial charge in [0.1, 0.15) is 17.2 Å². The van der Waals surface area contributed by atoms with Crippen LogP contribution in [0.2, 0.25) is 5.02 Å². The average Bonchev–Trinajstić information content (AvgIpc) is 3.15. The van der Waals surface area contributed by atoms with E-state index in [1.165, 1.54) is 11.1 Å². The molecule has 0 atom stereocenters. The van der Waals surface area contributed by atoms with Crippen LogP contribution in [0.1, 0.15) is 81.2 Å². The van der Waals surface area contributed by atoms with Crippen LogP contribution in [-0.4, -0.2) is 36.6 Å². The normalized spacial score (nSPS) is 20.2. The quantitative estimate of drug-likeness (QED) is 0.392. The van der Waals surface area contributed by atoms with E-state index in [0.29, 0.717) is 23.1 Å². The number of nitrogens with zero attached hydrogens (tertiary/aromatic N) is 5. The number of ether oxygens (including phenoxy) is 1. The minimum Gasteiger partial charge on any atom is -0.427 e. The number of hydrogen-bond donors (Lipinski definition) is 0. The highest BCUT2D eigenvalue weighted by atomic mass is 35.5. The number of fused-ring (bicyclic) bond motifs is 3. The summed E-state index contributed by atoms with van der Waals surface area (Å²) < 4.78 is 21.7. The Morgan fingerprint density at radius 1 is 1.08 bits per heavy atom. The van der Waals surface area contributed by atoms with E-state index >= 15 is 0 Å². The molecule has 1 aliphatic carbocycles. The third-order valence-corrected chi connectivity index (χ3v) is 6.80. The van der Waals surface area contributed by atoms with Gasteiger partial charge in [0.15, 0.2) is 5.82 Å². The van der Waals surface area contributed by atoms with Crippen molar-refractivity contribution in [3.8, 4) is 5.69 Å². The van der Waals surface area contributed by atoms with E-state index in [1.807, 2.05) is 18.2 Å². The molecule has 10 heteroatoms. The van der Waals surface area contributed by atoms with Gasteiger partial charge in [-0.25, -0.2) is 9.18 Å². The summed E-state index contributed by atoms with van der Waals surface area (Å²) in [5.74, 6) is 1.53. The molecule has 1 saturated carbocycles. The molecular weight excluding hydrogens is 485 g/mol. The standard InChI is InChI=1S/C26H29ClFN5O3/c1-26(2,3)35-25(34)36-32-14-18-13-19(27)10-11-21(18)33-22(15-32)30-31-24(33)17-8-6-16(7-9-17)23-20(28)5-4-12-29-23/h4-5,10-13,16-17H,6-9,14-15H2,1-3H3. The molecule has 1 fully saturated rings. The lowest BCUT2D eigenvalue weighted by Gasteiger charge is -2.28. The molecular formula is C26H29ClFN5O3. The summed E-state index contributed by atoms with van der Waals surface area (Å²) in [5, 5.41) is 11.1. The van der Waals surface area contributed by atoms with Gasteiger partial charge in [0, 0.05) is 23.1 Å². The van der Waals surface area contributed by atoms with E-state index < -0.39 is 11.8 Å². The van der Waals surface area contributed by atoms with E-state index in [-0.39, 0.29) is 24.2 Å². The highest BCUT2D eigenvalue weighted by Crippen LogP contribution is 2.41. The zero-order chi connectivity index (χ0) is 25.4. The van der Waals surface area contributed by atoms with Gasteiger partial charge in [-0.05, 0) is 82.3 Å². The smallest absolute Gasteiger partial charge is 0.427 e. The van der Waals surface area contributed by atoms with Crippen molar-refractivity contribution in [2.24, 2.45) is 0 Å². The van der Waals surface area contributed by atoms with E-state index in [2.05, 4.69) is 19.7 Å². The third kappa shape index (κ3) is 5.22. The lowest BCUT2D eigenvalue weighted by molar-refractivity contribution is -0.155. The van der Waals surface area contributed by atoms with Crippen molar-refractivity contribution in [1.82, 2.24) is 24.8 Å². The third-order valence-electron chi connectivity index (χ3n) is 6.56. The number of hydroxylamine groups is 2. The SMILES string of the molecule is CC(C)(C)OC(=O)ON1Cc2cc(Cl)ccc2-n2c(nnc2C2CCC(c3ncccc3F)CC2)C1. The van der Waals surface area contributed by atoms with Gasteiger partial charge in [0.05, 0.1) is 24.5 Å². The molecule has 0 bridgehead atoms. The van der Waals surface area contributed by atoms with E-state index in [0.717, 1.165) is 42.8 Å². The summed E-state index contributed by atoms with van der Waals surface area (Å²) in [6.07, 6.45) is 4.21. The van der Waals surface area contributed by atoms with Crippen molar-refractivity contribution in [3.63, 3.8) is 0 Å². The Morgan fingerprint density at radius 3 is 2.56 bits per heavy atom. The minimum absolute atomic E-state index is 0.0952. The topological polar surface area (TPSA) is 82.4 Å². The molecule has 8 nitrogen and oxygen atoms in total. The van der Waals surface area contributed by atoms with E-state index in [9.17, 15) is 9.18 Å². The van der Waals surface area contributed by atoms with E-state index in [4.69, 9.17) is 21.2 Å². The molecule has 36 heavy (non-hydrogen) atoms. The van der Waals surface area contributed by atoms with Gasteiger partial charge in [-0.1, -0.05) is 11.6 Å². The Morgan fingerprint density at radius 2 is 1.83 bits per heavy atom. The second-order valence-corrected chi connectivity index (χ2v) is 10.8. The van der Waals surface area contributed by atoms with Gasteiger partial charge in [-0.2, -0.15) is 0 Å². The van der Waals surface area contributed by atoms with Crippen LogP contribution in [0, 0.1) is 5.82 Å². The van der Waals surface area contributed by atoms with Gasteiger partial charge in [-0.3, -0.25) is 9.55 Å². The Labute approximate surface area is 214 Å². The highest BCUT2D eigenvalue weighted by Gasteiger charge is 2.33. The predicted molar refractivity (Wildman–Crippen MR) is 131 cm³/mol. The number of rotatable bonds is 3. The van der Waals surface area contributed by atoms with Crippen LogP contribution in [-0.2, 0) is 22.7 Å². The summed E-state index contributed by atoms with van der Waals surface area (Å²) in [7, 11) is 0. The lowest BCUT2D eigenvalue weighted by Crippen LogP contribution is -2.31. The fourth-order valence-corrected chi connectivity index (χ4v) is 5.22. The second kappa shape index (κ2) is 9.78. The fourth-order valence-electron chi connectivity index (χ4n) is 5.02.